The summed E-state index contributed by atoms with van der Waals surface area (Å²) in [6, 6.07) is 9.38. The molecule has 1 aliphatic rings. The monoisotopic (exact) mass is 475 g/mol. The number of fused-ring (bicyclic) bond motifs is 1. The number of pyridine rings is 1. The lowest BCUT2D eigenvalue weighted by atomic mass is 10.1. The molecule has 0 bridgehead atoms. The fraction of sp³-hybridized carbons (Fsp3) is 0.333. The third-order valence-corrected chi connectivity index (χ3v) is 6.87. The molecule has 174 valence electrons. The number of aromatic amines is 1. The molecule has 1 fully saturated rings. The Hall–Kier alpha value is -3.53. The maximum absolute atomic E-state index is 12.6. The van der Waals surface area contributed by atoms with Gasteiger partial charge in [-0.25, -0.2) is 4.98 Å². The maximum atomic E-state index is 12.6. The van der Waals surface area contributed by atoms with Gasteiger partial charge < -0.3 is 9.88 Å². The van der Waals surface area contributed by atoms with Gasteiger partial charge in [-0.2, -0.15) is 0 Å². The maximum Gasteiger partial charge on any atom is 0.258 e. The van der Waals surface area contributed by atoms with Gasteiger partial charge in [-0.3, -0.25) is 19.1 Å². The molecule has 1 amide bonds. The van der Waals surface area contributed by atoms with E-state index in [1.165, 1.54) is 11.8 Å². The summed E-state index contributed by atoms with van der Waals surface area (Å²) >= 11 is 1.43. The molecule has 1 aliphatic heterocycles. The number of rotatable bonds is 6. The molecular weight excluding hydrogens is 450 g/mol. The molecule has 0 atom stereocenters. The zero-order valence-corrected chi connectivity index (χ0v) is 19.7. The molecule has 34 heavy (non-hydrogen) atoms. The van der Waals surface area contributed by atoms with E-state index in [9.17, 15) is 9.59 Å². The number of nitrogens with one attached hydrogen (secondary N) is 1. The van der Waals surface area contributed by atoms with Gasteiger partial charge in [0.1, 0.15) is 5.82 Å². The number of H-pyrrole nitrogens is 1. The lowest BCUT2D eigenvalue weighted by molar-refractivity contribution is -0.131. The van der Waals surface area contributed by atoms with Crippen LogP contribution in [-0.2, 0) is 17.1 Å². The quantitative estimate of drug-likeness (QED) is 0.426. The Morgan fingerprint density at radius 3 is 2.85 bits per heavy atom. The van der Waals surface area contributed by atoms with Crippen molar-refractivity contribution in [3.8, 4) is 5.69 Å². The SMILES string of the molecule is Cc1cccc2c(=O)[nH]c(CSc3nnc(CN4CCCCCC4=O)n3-c3cccnc3)nc12. The van der Waals surface area contributed by atoms with Gasteiger partial charge in [0, 0.05) is 19.2 Å². The standard InChI is InChI=1S/C24H25N7O2S/c1-16-7-5-9-18-22(16)26-19(27-23(18)33)15-34-24-29-28-20(31(24)17-8-6-11-25-13-17)14-30-12-4-2-3-10-21(30)32/h5-9,11,13H,2-4,10,12,14-15H2,1H3,(H,26,27,33). The molecule has 0 aliphatic carbocycles. The second-order valence-corrected chi connectivity index (χ2v) is 9.29. The lowest BCUT2D eigenvalue weighted by Gasteiger charge is -2.20. The third kappa shape index (κ3) is 4.58. The Balaban J connectivity index is 1.45. The van der Waals surface area contributed by atoms with Crippen LogP contribution in [0.5, 0.6) is 0 Å². The van der Waals surface area contributed by atoms with Crippen LogP contribution >= 0.6 is 11.8 Å². The Bertz CT molecular complexity index is 1380. The molecule has 0 spiro atoms. The van der Waals surface area contributed by atoms with Crippen molar-refractivity contribution in [2.45, 2.75) is 50.1 Å². The number of amides is 1. The van der Waals surface area contributed by atoms with Crippen LogP contribution in [0.25, 0.3) is 16.6 Å². The highest BCUT2D eigenvalue weighted by Crippen LogP contribution is 2.26. The summed E-state index contributed by atoms with van der Waals surface area (Å²) in [6.45, 7) is 3.06. The first-order chi connectivity index (χ1) is 16.6. The highest BCUT2D eigenvalue weighted by molar-refractivity contribution is 7.98. The molecule has 1 saturated heterocycles. The molecule has 0 saturated carbocycles. The van der Waals surface area contributed by atoms with Gasteiger partial charge >= 0.3 is 0 Å². The molecule has 4 heterocycles. The fourth-order valence-corrected chi connectivity index (χ4v) is 5.01. The number of carbonyl (C=O) groups is 1. The van der Waals surface area contributed by atoms with Crippen molar-refractivity contribution in [2.75, 3.05) is 6.54 Å². The van der Waals surface area contributed by atoms with E-state index in [0.29, 0.717) is 46.4 Å². The second kappa shape index (κ2) is 9.76. The predicted octanol–water partition coefficient (Wildman–Crippen LogP) is 3.40. The minimum atomic E-state index is -0.154. The Morgan fingerprint density at radius 2 is 2.00 bits per heavy atom. The van der Waals surface area contributed by atoms with E-state index in [4.69, 9.17) is 0 Å². The van der Waals surface area contributed by atoms with Crippen molar-refractivity contribution >= 4 is 28.6 Å². The Kier molecular flexibility index (Phi) is 6.39. The summed E-state index contributed by atoms with van der Waals surface area (Å²) in [7, 11) is 0. The zero-order valence-electron chi connectivity index (χ0n) is 18.9. The van der Waals surface area contributed by atoms with Gasteiger partial charge in [-0.15, -0.1) is 10.2 Å². The van der Waals surface area contributed by atoms with E-state index in [1.54, 1.807) is 18.5 Å². The van der Waals surface area contributed by atoms with Crippen LogP contribution in [0.3, 0.4) is 0 Å². The normalized spacial score (nSPS) is 14.5. The lowest BCUT2D eigenvalue weighted by Crippen LogP contribution is -2.31. The molecular formula is C24H25N7O2S. The summed E-state index contributed by atoms with van der Waals surface area (Å²) in [5.41, 5.74) is 2.33. The van der Waals surface area contributed by atoms with Crippen LogP contribution < -0.4 is 5.56 Å². The summed E-state index contributed by atoms with van der Waals surface area (Å²) in [5, 5.41) is 10.1. The van der Waals surface area contributed by atoms with Crippen LogP contribution in [0.2, 0.25) is 0 Å². The smallest absolute Gasteiger partial charge is 0.258 e. The average Bonchev–Trinajstić information content (AvgIpc) is 3.13. The van der Waals surface area contributed by atoms with Crippen molar-refractivity contribution in [3.05, 3.63) is 70.3 Å². The summed E-state index contributed by atoms with van der Waals surface area (Å²) in [6.07, 6.45) is 7.03. The molecule has 3 aromatic heterocycles. The topological polar surface area (TPSA) is 110 Å². The number of aryl methyl sites for hydroxylation is 1. The van der Waals surface area contributed by atoms with Gasteiger partial charge in [0.05, 0.1) is 35.1 Å². The minimum Gasteiger partial charge on any atom is -0.335 e. The van der Waals surface area contributed by atoms with Crippen molar-refractivity contribution in [1.82, 2.24) is 34.6 Å². The average molecular weight is 476 g/mol. The van der Waals surface area contributed by atoms with Crippen LogP contribution in [0.1, 0.15) is 42.9 Å². The molecule has 4 aromatic rings. The largest absolute Gasteiger partial charge is 0.335 e. The van der Waals surface area contributed by atoms with Crippen LogP contribution in [0.15, 0.2) is 52.7 Å². The van der Waals surface area contributed by atoms with Crippen molar-refractivity contribution in [3.63, 3.8) is 0 Å². The van der Waals surface area contributed by atoms with Gasteiger partial charge in [0.15, 0.2) is 11.0 Å². The van der Waals surface area contributed by atoms with Gasteiger partial charge in [0.2, 0.25) is 5.91 Å². The first-order valence-electron chi connectivity index (χ1n) is 11.3. The number of hydrogen-bond donors (Lipinski definition) is 1. The molecule has 10 heteroatoms. The predicted molar refractivity (Wildman–Crippen MR) is 130 cm³/mol. The fourth-order valence-electron chi connectivity index (χ4n) is 4.17. The van der Waals surface area contributed by atoms with Crippen LogP contribution in [0, 0.1) is 6.92 Å². The number of aromatic nitrogens is 6. The van der Waals surface area contributed by atoms with E-state index >= 15 is 0 Å². The summed E-state index contributed by atoms with van der Waals surface area (Å²) in [5.74, 6) is 1.82. The van der Waals surface area contributed by atoms with Gasteiger partial charge in [-0.05, 0) is 43.5 Å². The number of thioether (sulfide) groups is 1. The Labute approximate surface area is 200 Å². The number of para-hydroxylation sites is 1. The number of hydrogen-bond acceptors (Lipinski definition) is 7. The molecule has 1 N–H and O–H groups in total. The molecule has 9 nitrogen and oxygen atoms in total. The molecule has 0 radical (unpaired) electrons. The number of nitrogens with zero attached hydrogens (tertiary/aromatic N) is 6. The van der Waals surface area contributed by atoms with Crippen molar-refractivity contribution < 1.29 is 4.79 Å². The number of carbonyl (C=O) groups excluding carboxylic acids is 1. The first kappa shape index (κ1) is 22.3. The van der Waals surface area contributed by atoms with E-state index in [-0.39, 0.29) is 11.5 Å². The van der Waals surface area contributed by atoms with E-state index < -0.39 is 0 Å². The van der Waals surface area contributed by atoms with Gasteiger partial charge in [-0.1, -0.05) is 30.3 Å². The summed E-state index contributed by atoms with van der Waals surface area (Å²) in [4.78, 5) is 38.8. The van der Waals surface area contributed by atoms with Crippen molar-refractivity contribution in [2.24, 2.45) is 0 Å². The highest BCUT2D eigenvalue weighted by atomic mass is 32.2. The van der Waals surface area contributed by atoms with Gasteiger partial charge in [0.25, 0.3) is 5.56 Å². The Morgan fingerprint density at radius 1 is 1.09 bits per heavy atom. The van der Waals surface area contributed by atoms with Crippen LogP contribution in [-0.4, -0.2) is 47.1 Å². The van der Waals surface area contributed by atoms with Crippen LogP contribution in [0.4, 0.5) is 0 Å². The zero-order chi connectivity index (χ0) is 23.5. The minimum absolute atomic E-state index is 0.153. The second-order valence-electron chi connectivity index (χ2n) is 8.34. The molecule has 0 unspecified atom stereocenters. The number of likely N-dealkylation sites (tertiary alicyclic amines) is 1. The van der Waals surface area contributed by atoms with E-state index in [2.05, 4.69) is 25.1 Å². The van der Waals surface area contributed by atoms with E-state index in [1.807, 2.05) is 40.7 Å². The summed E-state index contributed by atoms with van der Waals surface area (Å²) < 4.78 is 1.93. The van der Waals surface area contributed by atoms with Crippen molar-refractivity contribution in [1.29, 1.82) is 0 Å². The molecule has 5 rings (SSSR count). The number of benzene rings is 1. The third-order valence-electron chi connectivity index (χ3n) is 5.93. The molecule has 1 aromatic carbocycles. The van der Waals surface area contributed by atoms with E-state index in [0.717, 1.165) is 37.1 Å². The first-order valence-corrected chi connectivity index (χ1v) is 12.3. The highest BCUT2D eigenvalue weighted by Gasteiger charge is 2.22.